The molecule has 0 spiro atoms. The van der Waals surface area contributed by atoms with Crippen molar-refractivity contribution in [3.05, 3.63) is 178 Å². The minimum absolute atomic E-state index is 0.00585. The molecule has 4 atom stereocenters. The average molecular weight is 1140 g/mol. The number of nitrogens with zero attached hydrogens (tertiary/aromatic N) is 5. The van der Waals surface area contributed by atoms with Crippen molar-refractivity contribution >= 4 is 47.2 Å². The summed E-state index contributed by atoms with van der Waals surface area (Å²) in [6.45, 7) is 6.97. The average Bonchev–Trinajstić information content (AvgIpc) is 4.18. The number of nitrogens with one attached hydrogen (secondary N) is 2. The molecule has 3 N–H and O–H groups in total. The molecule has 0 saturated carbocycles. The molecule has 19 heteroatoms. The minimum Gasteiger partial charge on any atom is -0.618 e. The van der Waals surface area contributed by atoms with Crippen molar-refractivity contribution in [3.63, 3.8) is 0 Å². The van der Waals surface area contributed by atoms with Gasteiger partial charge in [0.15, 0.2) is 51.6 Å². The maximum Gasteiger partial charge on any atom is 0.250 e. The normalized spacial score (nSPS) is 17.9. The lowest BCUT2D eigenvalue weighted by molar-refractivity contribution is -0.738. The van der Waals surface area contributed by atoms with Crippen molar-refractivity contribution in [2.45, 2.75) is 71.1 Å². The second-order valence-electron chi connectivity index (χ2n) is 22.2. The highest BCUT2D eigenvalue weighted by Crippen LogP contribution is 2.46. The van der Waals surface area contributed by atoms with Crippen LogP contribution in [0.15, 0.2) is 139 Å². The molecule has 3 aliphatic heterocycles. The van der Waals surface area contributed by atoms with E-state index in [1.54, 1.807) is 53.3 Å². The van der Waals surface area contributed by atoms with Crippen LogP contribution in [0, 0.1) is 23.0 Å². The summed E-state index contributed by atoms with van der Waals surface area (Å²) >= 11 is 0. The van der Waals surface area contributed by atoms with E-state index >= 15 is 0 Å². The lowest BCUT2D eigenvalue weighted by Crippen LogP contribution is -2.58. The van der Waals surface area contributed by atoms with Crippen LogP contribution in [0.2, 0.25) is 0 Å². The quantitative estimate of drug-likeness (QED) is 0.0319. The number of fused-ring (bicyclic) bond motifs is 8. The number of rotatable bonds is 18. The number of benzene rings is 4. The third-order valence-electron chi connectivity index (χ3n) is 16.6. The number of amides is 3. The van der Waals surface area contributed by atoms with Crippen molar-refractivity contribution in [1.82, 2.24) is 19.4 Å². The Bertz CT molecular complexity index is 3740. The topological polar surface area (TPSA) is 216 Å². The number of hydrogen-bond donors (Lipinski definition) is 3. The highest BCUT2D eigenvalue weighted by molar-refractivity contribution is 5.98. The molecule has 6 aliphatic rings. The van der Waals surface area contributed by atoms with Gasteiger partial charge in [-0.05, 0) is 94.5 Å². The summed E-state index contributed by atoms with van der Waals surface area (Å²) in [6, 6.07) is 26.9. The van der Waals surface area contributed by atoms with E-state index in [4.69, 9.17) is 28.4 Å². The smallest absolute Gasteiger partial charge is 0.250 e. The number of carbonyl (C=O) groups excluding carboxylic acids is 3. The van der Waals surface area contributed by atoms with Gasteiger partial charge in [-0.25, -0.2) is 0 Å². The van der Waals surface area contributed by atoms with E-state index in [2.05, 4.69) is 10.6 Å². The van der Waals surface area contributed by atoms with Crippen LogP contribution in [0.3, 0.4) is 0 Å². The molecule has 0 fully saturated rings. The second kappa shape index (κ2) is 22.9. The Morgan fingerprint density at radius 2 is 1.30 bits per heavy atom. The largest absolute Gasteiger partial charge is 0.618 e. The first kappa shape index (κ1) is 54.9. The third-order valence-corrected chi connectivity index (χ3v) is 16.6. The standard InChI is InChI=1S/C65H65N7O12/c1-38(2)60(70(65(75)76)32-51-49-13-8-6-11-47(49)48-12-7-9-14-50(48)51)64(74)66-39(3)63(73)67-46-20-15-40(16-21-46)41-17-22-52-44(27-41)30-68-35-58(61(79-4)54(68)33-71(52)77)81-25-10-26-82-59-36-69-31-45-28-42(43-19-24-56-57(29-43)84-37-83-56)18-23-53(45)72(78)34-55(69)62(59)80-5/h6-9,11-24,29,33-36,38-39,44-45,51,60H,10,25-28,30-32,37H2,1-5H3,(H3-,66,67,73,74,75,76,78). The van der Waals surface area contributed by atoms with Crippen LogP contribution in [0.1, 0.15) is 79.6 Å². The molecule has 0 radical (unpaired) electrons. The van der Waals surface area contributed by atoms with Crippen molar-refractivity contribution in [3.8, 4) is 45.6 Å². The first-order valence-corrected chi connectivity index (χ1v) is 28.3. The fourth-order valence-corrected chi connectivity index (χ4v) is 12.5. The van der Waals surface area contributed by atoms with E-state index in [1.165, 1.54) is 11.0 Å². The molecule has 2 aromatic heterocycles. The predicted molar refractivity (Wildman–Crippen MR) is 312 cm³/mol. The zero-order valence-electron chi connectivity index (χ0n) is 47.3. The van der Waals surface area contributed by atoms with E-state index in [-0.39, 0.29) is 31.1 Å². The van der Waals surface area contributed by atoms with E-state index in [0.717, 1.165) is 71.4 Å². The molecule has 12 rings (SSSR count). The molecule has 3 aliphatic carbocycles. The summed E-state index contributed by atoms with van der Waals surface area (Å²) in [6.07, 6.45) is 15.0. The van der Waals surface area contributed by atoms with Crippen molar-refractivity contribution in [2.75, 3.05) is 46.1 Å². The van der Waals surface area contributed by atoms with Crippen LogP contribution < -0.4 is 44.2 Å². The molecule has 5 heterocycles. The Labute approximate surface area is 485 Å². The lowest BCUT2D eigenvalue weighted by atomic mass is 9.87. The molecular weight excluding hydrogens is 1070 g/mol. The molecule has 6 aromatic rings. The molecular formula is C65H65N7O12. The molecule has 4 aromatic carbocycles. The number of ether oxygens (including phenoxy) is 6. The number of carbonyl (C=O) groups is 3. The van der Waals surface area contributed by atoms with Gasteiger partial charge in [-0.2, -0.15) is 4.74 Å². The minimum atomic E-state index is -1.47. The molecule has 3 amide bonds. The summed E-state index contributed by atoms with van der Waals surface area (Å²) in [5.41, 5.74) is 11.3. The highest BCUT2D eigenvalue weighted by atomic mass is 16.7. The number of allylic oxidation sites excluding steroid dienone is 8. The molecule has 432 valence electrons. The van der Waals surface area contributed by atoms with Gasteiger partial charge in [0.05, 0.1) is 51.7 Å². The van der Waals surface area contributed by atoms with Crippen molar-refractivity contribution in [1.29, 1.82) is 0 Å². The van der Waals surface area contributed by atoms with Crippen molar-refractivity contribution in [2.24, 2.45) is 17.8 Å². The van der Waals surface area contributed by atoms with Crippen LogP contribution in [-0.4, -0.2) is 112 Å². The second-order valence-corrected chi connectivity index (χ2v) is 22.2. The van der Waals surface area contributed by atoms with Gasteiger partial charge >= 0.3 is 0 Å². The predicted octanol–water partition coefficient (Wildman–Crippen LogP) is 8.56. The van der Waals surface area contributed by atoms with Crippen LogP contribution >= 0.6 is 0 Å². The van der Waals surface area contributed by atoms with Crippen LogP contribution in [0.5, 0.6) is 34.5 Å². The first-order chi connectivity index (χ1) is 40.7. The summed E-state index contributed by atoms with van der Waals surface area (Å²) in [5, 5.41) is 43.5. The lowest BCUT2D eigenvalue weighted by Gasteiger charge is -2.37. The zero-order chi connectivity index (χ0) is 58.3. The van der Waals surface area contributed by atoms with Gasteiger partial charge in [0.2, 0.25) is 36.7 Å². The molecule has 4 unspecified atom stereocenters. The van der Waals surface area contributed by atoms with Gasteiger partial charge in [-0.1, -0.05) is 92.7 Å². The maximum absolute atomic E-state index is 14.0. The Hall–Kier alpha value is -9.65. The molecule has 0 bridgehead atoms. The van der Waals surface area contributed by atoms with E-state index in [1.807, 2.05) is 125 Å². The SMILES string of the molecule is COc1c(OCCCOc2cn3c(c2OC)C=[N+](O)C2=CC=C(c4ccc5c(c4)OCO5)CC2C3)cn2c1C=[N+]([O-])C1=CC=C(c3ccc(NC(=O)C(C)NC(=O)C(C(C)C)N(CC4c5ccccc5-c5ccccc54)C(=O)[O-])cc3)CC1C2. The van der Waals surface area contributed by atoms with Crippen LogP contribution in [-0.2, 0) is 22.7 Å². The van der Waals surface area contributed by atoms with Gasteiger partial charge < -0.3 is 68.2 Å². The number of anilines is 1. The van der Waals surface area contributed by atoms with Gasteiger partial charge in [-0.15, -0.1) is 0 Å². The van der Waals surface area contributed by atoms with E-state index < -0.39 is 35.9 Å². The first-order valence-electron chi connectivity index (χ1n) is 28.3. The van der Waals surface area contributed by atoms with E-state index in [9.17, 15) is 29.9 Å². The van der Waals surface area contributed by atoms with Crippen LogP contribution in [0.4, 0.5) is 10.5 Å². The Balaban J connectivity index is 0.641. The van der Waals surface area contributed by atoms with Crippen LogP contribution in [0.25, 0.3) is 22.3 Å². The van der Waals surface area contributed by atoms with Crippen molar-refractivity contribution < 1.29 is 62.6 Å². The molecule has 84 heavy (non-hydrogen) atoms. The fraction of sp³-hybridized carbons (Fsp3) is 0.308. The van der Waals surface area contributed by atoms with Gasteiger partial charge in [0, 0.05) is 54.6 Å². The Morgan fingerprint density at radius 1 is 0.726 bits per heavy atom. The number of hydrogen-bond acceptors (Lipinski definition) is 12. The summed E-state index contributed by atoms with van der Waals surface area (Å²) in [5.74, 6) is 1.41. The maximum atomic E-state index is 14.0. The molecule has 19 nitrogen and oxygen atoms in total. The molecule has 0 saturated heterocycles. The number of aromatic nitrogens is 2. The Kier molecular flexibility index (Phi) is 15.0. The fourth-order valence-electron chi connectivity index (χ4n) is 12.5. The monoisotopic (exact) mass is 1140 g/mol. The highest BCUT2D eigenvalue weighted by Gasteiger charge is 2.39. The summed E-state index contributed by atoms with van der Waals surface area (Å²) in [4.78, 5) is 41.5. The number of hydroxylamine groups is 2. The Morgan fingerprint density at radius 3 is 1.92 bits per heavy atom. The number of methoxy groups -OCH3 is 2. The van der Waals surface area contributed by atoms with Gasteiger partial charge in [0.1, 0.15) is 18.2 Å². The zero-order valence-corrected chi connectivity index (χ0v) is 47.3. The third kappa shape index (κ3) is 10.5. The summed E-state index contributed by atoms with van der Waals surface area (Å²) in [7, 11) is 3.13. The summed E-state index contributed by atoms with van der Waals surface area (Å²) < 4.78 is 41.5. The van der Waals surface area contributed by atoms with Gasteiger partial charge in [0.25, 0.3) is 0 Å². The number of carboxylic acid groups (broad SMARTS) is 1. The van der Waals surface area contributed by atoms with Gasteiger partial charge in [-0.3, -0.25) is 14.8 Å². The van der Waals surface area contributed by atoms with E-state index in [0.29, 0.717) is 91.3 Å².